The normalized spacial score (nSPS) is 10.7. The molecular formula is C17H18ClN3O2Si. The fraction of sp³-hybridized carbons (Fsp3) is 0.235. The first-order valence-electron chi connectivity index (χ1n) is 7.26. The second-order valence-electron chi connectivity index (χ2n) is 6.14. The Morgan fingerprint density at radius 3 is 2.62 bits per heavy atom. The topological polar surface area (TPSA) is 78.1 Å². The van der Waals surface area contributed by atoms with Crippen LogP contribution in [-0.2, 0) is 0 Å². The van der Waals surface area contributed by atoms with Crippen molar-refractivity contribution in [3.8, 4) is 28.7 Å². The highest BCUT2D eigenvalue weighted by atomic mass is 35.5. The molecule has 0 fully saturated rings. The molecular weight excluding hydrogens is 342 g/mol. The van der Waals surface area contributed by atoms with E-state index in [1.165, 1.54) is 13.3 Å². The number of benzene rings is 1. The van der Waals surface area contributed by atoms with Gasteiger partial charge in [-0.15, -0.1) is 5.54 Å². The molecule has 1 aromatic carbocycles. The summed E-state index contributed by atoms with van der Waals surface area (Å²) in [5.74, 6) is 2.97. The average molecular weight is 360 g/mol. The highest BCUT2D eigenvalue weighted by Crippen LogP contribution is 2.30. The van der Waals surface area contributed by atoms with Gasteiger partial charge in [-0.1, -0.05) is 43.2 Å². The number of primary amides is 1. The number of rotatable bonds is 3. The maximum Gasteiger partial charge on any atom is 0.255 e. The van der Waals surface area contributed by atoms with Crippen molar-refractivity contribution in [1.29, 1.82) is 0 Å². The van der Waals surface area contributed by atoms with E-state index in [9.17, 15) is 4.79 Å². The lowest BCUT2D eigenvalue weighted by Gasteiger charge is -2.10. The van der Waals surface area contributed by atoms with Crippen LogP contribution in [-0.4, -0.2) is 31.1 Å². The monoisotopic (exact) mass is 359 g/mol. The van der Waals surface area contributed by atoms with Crippen LogP contribution in [0.2, 0.25) is 24.7 Å². The lowest BCUT2D eigenvalue weighted by Crippen LogP contribution is -2.16. The highest BCUT2D eigenvalue weighted by molar-refractivity contribution is 6.83. The zero-order valence-corrected chi connectivity index (χ0v) is 15.7. The standard InChI is InChI=1S/C17H18ClN3O2Si/c1-23-17-12(15(19)22)10-20-16(21-17)14-11(6-5-7-13(14)18)8-9-24(2,3)4/h5-7,10H,1-4H3,(H2,19,22). The van der Waals surface area contributed by atoms with E-state index in [4.69, 9.17) is 22.1 Å². The SMILES string of the molecule is COc1nc(-c2c(Cl)cccc2C#C[Si](C)(C)C)ncc1C(N)=O. The molecule has 124 valence electrons. The number of carbonyl (C=O) groups is 1. The van der Waals surface area contributed by atoms with Crippen molar-refractivity contribution in [2.24, 2.45) is 5.73 Å². The quantitative estimate of drug-likeness (QED) is 0.674. The van der Waals surface area contributed by atoms with E-state index in [1.54, 1.807) is 6.07 Å². The first-order valence-corrected chi connectivity index (χ1v) is 11.1. The minimum atomic E-state index is -1.55. The van der Waals surface area contributed by atoms with Crippen molar-refractivity contribution >= 4 is 25.6 Å². The van der Waals surface area contributed by atoms with Gasteiger partial charge in [-0.25, -0.2) is 4.98 Å². The lowest BCUT2D eigenvalue weighted by atomic mass is 10.1. The van der Waals surface area contributed by atoms with E-state index in [0.29, 0.717) is 16.4 Å². The molecule has 1 heterocycles. The zero-order chi connectivity index (χ0) is 17.9. The molecule has 0 aliphatic carbocycles. The van der Waals surface area contributed by atoms with Crippen molar-refractivity contribution in [3.05, 3.63) is 40.5 Å². The minimum Gasteiger partial charge on any atom is -0.480 e. The second kappa shape index (κ2) is 7.03. The largest absolute Gasteiger partial charge is 0.480 e. The first kappa shape index (κ1) is 18.0. The third-order valence-electron chi connectivity index (χ3n) is 3.02. The summed E-state index contributed by atoms with van der Waals surface area (Å²) in [5, 5.41) is 0.478. The van der Waals surface area contributed by atoms with Gasteiger partial charge in [0.2, 0.25) is 5.88 Å². The maximum absolute atomic E-state index is 11.4. The summed E-state index contributed by atoms with van der Waals surface area (Å²) in [5.41, 5.74) is 10.1. The molecule has 0 bridgehead atoms. The lowest BCUT2D eigenvalue weighted by molar-refractivity contribution is 0.0996. The van der Waals surface area contributed by atoms with Crippen LogP contribution in [0.3, 0.4) is 0 Å². The van der Waals surface area contributed by atoms with Crippen LogP contribution in [0, 0.1) is 11.5 Å². The molecule has 24 heavy (non-hydrogen) atoms. The summed E-state index contributed by atoms with van der Waals surface area (Å²) in [6.45, 7) is 6.47. The fourth-order valence-corrected chi connectivity index (χ4v) is 2.69. The number of halogens is 1. The predicted octanol–water partition coefficient (Wildman–Crippen LogP) is 3.13. The molecule has 0 spiro atoms. The molecule has 0 unspecified atom stereocenters. The smallest absolute Gasteiger partial charge is 0.255 e. The number of nitrogens with two attached hydrogens (primary N) is 1. The van der Waals surface area contributed by atoms with Gasteiger partial charge in [0.05, 0.1) is 17.7 Å². The van der Waals surface area contributed by atoms with Gasteiger partial charge in [0.25, 0.3) is 5.91 Å². The van der Waals surface area contributed by atoms with E-state index in [-0.39, 0.29) is 11.4 Å². The van der Waals surface area contributed by atoms with Gasteiger partial charge >= 0.3 is 0 Å². The van der Waals surface area contributed by atoms with Crippen LogP contribution in [0.4, 0.5) is 0 Å². The predicted molar refractivity (Wildman–Crippen MR) is 97.8 cm³/mol. The van der Waals surface area contributed by atoms with E-state index in [1.807, 2.05) is 12.1 Å². The molecule has 0 atom stereocenters. The van der Waals surface area contributed by atoms with Crippen LogP contribution in [0.1, 0.15) is 15.9 Å². The second-order valence-corrected chi connectivity index (χ2v) is 11.3. The summed E-state index contributed by atoms with van der Waals surface area (Å²) in [4.78, 5) is 19.9. The molecule has 0 saturated carbocycles. The molecule has 0 aliphatic heterocycles. The molecule has 0 aliphatic rings. The Bertz CT molecular complexity index is 851. The number of hydrogen-bond acceptors (Lipinski definition) is 4. The molecule has 2 N–H and O–H groups in total. The Balaban J connectivity index is 2.64. The number of aromatic nitrogens is 2. The number of carbonyl (C=O) groups excluding carboxylic acids is 1. The zero-order valence-electron chi connectivity index (χ0n) is 14.0. The van der Waals surface area contributed by atoms with Gasteiger partial charge in [0, 0.05) is 11.8 Å². The van der Waals surface area contributed by atoms with Gasteiger partial charge in [-0.2, -0.15) is 4.98 Å². The summed E-state index contributed by atoms with van der Waals surface area (Å²) in [6.07, 6.45) is 1.34. The van der Waals surface area contributed by atoms with Gasteiger partial charge < -0.3 is 10.5 Å². The number of methoxy groups -OCH3 is 1. The molecule has 5 nitrogen and oxygen atoms in total. The van der Waals surface area contributed by atoms with Crippen molar-refractivity contribution in [3.63, 3.8) is 0 Å². The van der Waals surface area contributed by atoms with Crippen LogP contribution in [0.25, 0.3) is 11.4 Å². The first-order chi connectivity index (χ1) is 11.2. The summed E-state index contributed by atoms with van der Waals surface area (Å²) >= 11 is 6.34. The van der Waals surface area contributed by atoms with Gasteiger partial charge in [0.15, 0.2) is 5.82 Å². The molecule has 2 rings (SSSR count). The van der Waals surface area contributed by atoms with Crippen LogP contribution in [0.5, 0.6) is 5.88 Å². The number of nitrogens with zero attached hydrogens (tertiary/aromatic N) is 2. The summed E-state index contributed by atoms with van der Waals surface area (Å²) in [7, 11) is -0.140. The van der Waals surface area contributed by atoms with Gasteiger partial charge in [0.1, 0.15) is 13.6 Å². The molecule has 7 heteroatoms. The van der Waals surface area contributed by atoms with Crippen LogP contribution < -0.4 is 10.5 Å². The average Bonchev–Trinajstić information content (AvgIpc) is 2.51. The number of hydrogen-bond donors (Lipinski definition) is 1. The van der Waals surface area contributed by atoms with Gasteiger partial charge in [-0.05, 0) is 12.1 Å². The van der Waals surface area contributed by atoms with Crippen LogP contribution in [0.15, 0.2) is 24.4 Å². The Kier molecular flexibility index (Phi) is 5.27. The molecule has 0 radical (unpaired) electrons. The minimum absolute atomic E-state index is 0.108. The molecule has 2 aromatic rings. The molecule has 0 saturated heterocycles. The fourth-order valence-electron chi connectivity index (χ4n) is 1.92. The number of ether oxygens (including phenoxy) is 1. The molecule has 1 aromatic heterocycles. The number of amides is 1. The third kappa shape index (κ3) is 4.13. The van der Waals surface area contributed by atoms with Crippen molar-refractivity contribution < 1.29 is 9.53 Å². The molecule has 1 amide bonds. The summed E-state index contributed by atoms with van der Waals surface area (Å²) in [6, 6.07) is 5.44. The Hall–Kier alpha value is -2.36. The van der Waals surface area contributed by atoms with Gasteiger partial charge in [-0.3, -0.25) is 4.79 Å². The van der Waals surface area contributed by atoms with Crippen LogP contribution >= 0.6 is 11.6 Å². The van der Waals surface area contributed by atoms with E-state index < -0.39 is 14.0 Å². The summed E-state index contributed by atoms with van der Waals surface area (Å²) < 4.78 is 5.14. The Morgan fingerprint density at radius 2 is 2.04 bits per heavy atom. The Labute approximate surface area is 147 Å². The van der Waals surface area contributed by atoms with Crippen molar-refractivity contribution in [2.45, 2.75) is 19.6 Å². The van der Waals surface area contributed by atoms with Crippen molar-refractivity contribution in [2.75, 3.05) is 7.11 Å². The van der Waals surface area contributed by atoms with E-state index >= 15 is 0 Å². The van der Waals surface area contributed by atoms with E-state index in [0.717, 1.165) is 5.56 Å². The van der Waals surface area contributed by atoms with Crippen molar-refractivity contribution in [1.82, 2.24) is 9.97 Å². The van der Waals surface area contributed by atoms with E-state index in [2.05, 4.69) is 41.1 Å². The Morgan fingerprint density at radius 1 is 1.33 bits per heavy atom. The maximum atomic E-state index is 11.4. The third-order valence-corrected chi connectivity index (χ3v) is 4.21. The highest BCUT2D eigenvalue weighted by Gasteiger charge is 2.17.